The number of amides is 1. The Bertz CT molecular complexity index is 951. The van der Waals surface area contributed by atoms with Crippen LogP contribution in [-0.2, 0) is 17.5 Å². The van der Waals surface area contributed by atoms with Gasteiger partial charge in [0.15, 0.2) is 5.69 Å². The molecule has 0 bridgehead atoms. The van der Waals surface area contributed by atoms with Crippen molar-refractivity contribution in [3.63, 3.8) is 0 Å². The van der Waals surface area contributed by atoms with Crippen molar-refractivity contribution in [3.8, 4) is 11.1 Å². The lowest BCUT2D eigenvalue weighted by molar-refractivity contribution is -0.141. The molecular weight excluding hydrogens is 379 g/mol. The van der Waals surface area contributed by atoms with Crippen molar-refractivity contribution in [1.29, 1.82) is 0 Å². The summed E-state index contributed by atoms with van der Waals surface area (Å²) in [6.45, 7) is 1.01. The molecule has 0 fully saturated rings. The van der Waals surface area contributed by atoms with Crippen molar-refractivity contribution in [1.82, 2.24) is 9.78 Å². The molecule has 3 rings (SSSR count). The van der Waals surface area contributed by atoms with Crippen LogP contribution in [0, 0.1) is 6.92 Å². The van der Waals surface area contributed by atoms with E-state index in [1.54, 1.807) is 12.1 Å². The molecule has 0 saturated heterocycles. The van der Waals surface area contributed by atoms with Crippen LogP contribution in [0.3, 0.4) is 0 Å². The Labute approximate surface area is 158 Å². The summed E-state index contributed by atoms with van der Waals surface area (Å²) in [4.78, 5) is 12.2. The van der Waals surface area contributed by atoms with Gasteiger partial charge in [-0.2, -0.15) is 18.3 Å². The highest BCUT2D eigenvalue weighted by Gasteiger charge is 2.38. The molecule has 0 aliphatic carbocycles. The van der Waals surface area contributed by atoms with Gasteiger partial charge in [0.05, 0.1) is 10.7 Å². The second kappa shape index (κ2) is 7.44. The average Bonchev–Trinajstić information content (AvgIpc) is 2.91. The number of carbonyl (C=O) groups excluding carboxylic acids is 1. The fourth-order valence-electron chi connectivity index (χ4n) is 2.57. The Morgan fingerprint density at radius 1 is 1.07 bits per heavy atom. The van der Waals surface area contributed by atoms with Crippen LogP contribution in [0.15, 0.2) is 54.6 Å². The Kier molecular flexibility index (Phi) is 5.23. The maximum absolute atomic E-state index is 12.8. The first-order chi connectivity index (χ1) is 12.8. The smallest absolute Gasteiger partial charge is 0.324 e. The third-order valence-corrected chi connectivity index (χ3v) is 4.42. The van der Waals surface area contributed by atoms with Gasteiger partial charge in [-0.05, 0) is 30.2 Å². The molecule has 140 valence electrons. The van der Waals surface area contributed by atoms with Crippen molar-refractivity contribution in [2.45, 2.75) is 19.6 Å². The number of nitrogens with one attached hydrogen (secondary N) is 1. The summed E-state index contributed by atoms with van der Waals surface area (Å²) in [5.74, 6) is -0.501. The van der Waals surface area contributed by atoms with Crippen LogP contribution in [0.4, 0.5) is 18.9 Å². The van der Waals surface area contributed by atoms with E-state index in [1.165, 1.54) is 6.92 Å². The van der Waals surface area contributed by atoms with Gasteiger partial charge in [0.1, 0.15) is 6.54 Å². The Morgan fingerprint density at radius 3 is 2.22 bits per heavy atom. The summed E-state index contributed by atoms with van der Waals surface area (Å²) in [5.41, 5.74) is 1.45. The number of hydrogen-bond donors (Lipinski definition) is 1. The van der Waals surface area contributed by atoms with Crippen molar-refractivity contribution in [2.24, 2.45) is 0 Å². The molecule has 0 spiro atoms. The van der Waals surface area contributed by atoms with Crippen LogP contribution in [0.1, 0.15) is 11.4 Å². The van der Waals surface area contributed by atoms with Crippen LogP contribution < -0.4 is 5.32 Å². The van der Waals surface area contributed by atoms with Gasteiger partial charge >= 0.3 is 6.18 Å². The minimum atomic E-state index is -4.67. The topological polar surface area (TPSA) is 46.9 Å². The van der Waals surface area contributed by atoms with Crippen molar-refractivity contribution >= 4 is 23.2 Å². The molecule has 2 aromatic carbocycles. The summed E-state index contributed by atoms with van der Waals surface area (Å²) in [6.07, 6.45) is -4.67. The molecule has 4 nitrogen and oxygen atoms in total. The zero-order valence-electron chi connectivity index (χ0n) is 14.2. The second-order valence-corrected chi connectivity index (χ2v) is 6.27. The van der Waals surface area contributed by atoms with Crippen LogP contribution >= 0.6 is 11.6 Å². The van der Waals surface area contributed by atoms with Crippen LogP contribution in [-0.4, -0.2) is 15.7 Å². The number of anilines is 1. The predicted molar refractivity (Wildman–Crippen MR) is 97.5 cm³/mol. The zero-order chi connectivity index (χ0) is 19.6. The van der Waals surface area contributed by atoms with E-state index < -0.39 is 22.8 Å². The Balaban J connectivity index is 1.70. The molecule has 0 unspecified atom stereocenters. The average molecular weight is 394 g/mol. The maximum Gasteiger partial charge on any atom is 0.436 e. The Hall–Kier alpha value is -2.80. The zero-order valence-corrected chi connectivity index (χ0v) is 15.0. The molecule has 0 aliphatic heterocycles. The molecule has 3 aromatic rings. The first-order valence-electron chi connectivity index (χ1n) is 8.01. The summed E-state index contributed by atoms with van der Waals surface area (Å²) in [7, 11) is 0. The largest absolute Gasteiger partial charge is 0.436 e. The standard InChI is InChI=1S/C19H15ClF3N3O/c1-12-17(20)18(19(21,22)23)25-26(12)11-16(27)24-15-9-7-14(8-10-15)13-5-3-2-4-6-13/h2-10H,11H2,1H3,(H,24,27). The van der Waals surface area contributed by atoms with E-state index in [4.69, 9.17) is 11.6 Å². The van der Waals surface area contributed by atoms with Gasteiger partial charge in [0, 0.05) is 5.69 Å². The molecule has 1 heterocycles. The SMILES string of the molecule is Cc1c(Cl)c(C(F)(F)F)nn1CC(=O)Nc1ccc(-c2ccccc2)cc1. The van der Waals surface area contributed by atoms with Gasteiger partial charge in [-0.25, -0.2) is 0 Å². The minimum absolute atomic E-state index is 0.0820. The first-order valence-corrected chi connectivity index (χ1v) is 8.39. The third kappa shape index (κ3) is 4.31. The van der Waals surface area contributed by atoms with E-state index in [0.29, 0.717) is 5.69 Å². The van der Waals surface area contributed by atoms with Crippen LogP contribution in [0.25, 0.3) is 11.1 Å². The molecule has 1 N–H and O–H groups in total. The predicted octanol–water partition coefficient (Wildman–Crippen LogP) is 5.17. The van der Waals surface area contributed by atoms with E-state index in [0.717, 1.165) is 15.8 Å². The molecule has 0 atom stereocenters. The number of hydrogen-bond acceptors (Lipinski definition) is 2. The maximum atomic E-state index is 12.8. The van der Waals surface area contributed by atoms with E-state index in [-0.39, 0.29) is 12.2 Å². The highest BCUT2D eigenvalue weighted by molar-refractivity contribution is 6.32. The van der Waals surface area contributed by atoms with E-state index in [9.17, 15) is 18.0 Å². The Morgan fingerprint density at radius 2 is 1.67 bits per heavy atom. The van der Waals surface area contributed by atoms with E-state index >= 15 is 0 Å². The lowest BCUT2D eigenvalue weighted by Gasteiger charge is -2.08. The first kappa shape index (κ1) is 19.0. The van der Waals surface area contributed by atoms with Gasteiger partial charge < -0.3 is 5.32 Å². The van der Waals surface area contributed by atoms with E-state index in [1.807, 2.05) is 42.5 Å². The fraction of sp³-hybridized carbons (Fsp3) is 0.158. The molecule has 0 aliphatic rings. The van der Waals surface area contributed by atoms with Crippen LogP contribution in [0.2, 0.25) is 5.02 Å². The second-order valence-electron chi connectivity index (χ2n) is 5.89. The highest BCUT2D eigenvalue weighted by Crippen LogP contribution is 2.35. The molecule has 8 heteroatoms. The van der Waals surface area contributed by atoms with Crippen molar-refractivity contribution in [2.75, 3.05) is 5.32 Å². The number of rotatable bonds is 4. The monoisotopic (exact) mass is 393 g/mol. The molecule has 27 heavy (non-hydrogen) atoms. The third-order valence-electron chi connectivity index (χ3n) is 3.97. The summed E-state index contributed by atoms with van der Waals surface area (Å²) < 4.78 is 39.5. The van der Waals surface area contributed by atoms with Gasteiger partial charge in [-0.3, -0.25) is 9.48 Å². The number of halogens is 4. The molecule has 1 aromatic heterocycles. The van der Waals surface area contributed by atoms with Gasteiger partial charge in [-0.1, -0.05) is 54.1 Å². The summed E-state index contributed by atoms with van der Waals surface area (Å²) >= 11 is 5.68. The number of nitrogens with zero attached hydrogens (tertiary/aromatic N) is 2. The summed E-state index contributed by atoms with van der Waals surface area (Å²) in [6, 6.07) is 16.9. The minimum Gasteiger partial charge on any atom is -0.324 e. The molecule has 0 saturated carbocycles. The van der Waals surface area contributed by atoms with E-state index in [2.05, 4.69) is 10.4 Å². The molecule has 0 radical (unpaired) electrons. The summed E-state index contributed by atoms with van der Waals surface area (Å²) in [5, 5.41) is 5.56. The number of carbonyl (C=O) groups is 1. The van der Waals surface area contributed by atoms with Crippen LogP contribution in [0.5, 0.6) is 0 Å². The fourth-order valence-corrected chi connectivity index (χ4v) is 2.81. The molecular formula is C19H15ClF3N3O. The highest BCUT2D eigenvalue weighted by atomic mass is 35.5. The van der Waals surface area contributed by atoms with Crippen molar-refractivity contribution in [3.05, 3.63) is 71.0 Å². The number of aromatic nitrogens is 2. The van der Waals surface area contributed by atoms with Gasteiger partial charge in [0.2, 0.25) is 5.91 Å². The quantitative estimate of drug-likeness (QED) is 0.664. The van der Waals surface area contributed by atoms with Crippen molar-refractivity contribution < 1.29 is 18.0 Å². The number of benzene rings is 2. The number of alkyl halides is 3. The van der Waals surface area contributed by atoms with Gasteiger partial charge in [0.25, 0.3) is 0 Å². The lowest BCUT2D eigenvalue weighted by atomic mass is 10.1. The normalized spacial score (nSPS) is 11.4. The van der Waals surface area contributed by atoms with Gasteiger partial charge in [-0.15, -0.1) is 0 Å². The lowest BCUT2D eigenvalue weighted by Crippen LogP contribution is -2.20. The molecule has 1 amide bonds.